The number of carboxylic acid groups (broad SMARTS) is 1. The molecule has 0 aliphatic carbocycles. The summed E-state index contributed by atoms with van der Waals surface area (Å²) in [6.07, 6.45) is 0. The first-order valence-corrected chi connectivity index (χ1v) is 5.30. The zero-order valence-corrected chi connectivity index (χ0v) is 10.2. The molecule has 2 N–H and O–H groups in total. The molecule has 0 saturated carbocycles. The minimum Gasteiger partial charge on any atom is -0.505 e. The molecular formula is C10H7BrN2O4. The number of hydrogen-bond acceptors (Lipinski definition) is 5. The molecule has 0 fully saturated rings. The summed E-state index contributed by atoms with van der Waals surface area (Å²) in [7, 11) is 1.49. The van der Waals surface area contributed by atoms with E-state index < -0.39 is 17.4 Å². The van der Waals surface area contributed by atoms with Crippen molar-refractivity contribution in [1.82, 2.24) is 10.2 Å². The van der Waals surface area contributed by atoms with Crippen LogP contribution >= 0.6 is 15.9 Å². The van der Waals surface area contributed by atoms with Gasteiger partial charge in [0, 0.05) is 11.5 Å². The molecule has 0 aliphatic rings. The second-order valence-corrected chi connectivity index (χ2v) is 4.06. The van der Waals surface area contributed by atoms with Crippen molar-refractivity contribution in [1.29, 1.82) is 0 Å². The van der Waals surface area contributed by atoms with Gasteiger partial charge in [-0.15, -0.1) is 10.2 Å². The molecule has 0 bridgehead atoms. The number of aromatic nitrogens is 2. The maximum absolute atomic E-state index is 10.8. The number of carbonyl (C=O) groups is 1. The Morgan fingerprint density at radius 2 is 2.12 bits per heavy atom. The minimum absolute atomic E-state index is 0.296. The van der Waals surface area contributed by atoms with Crippen LogP contribution in [0.4, 0.5) is 0 Å². The molecule has 0 amide bonds. The van der Waals surface area contributed by atoms with Crippen molar-refractivity contribution >= 4 is 32.8 Å². The summed E-state index contributed by atoms with van der Waals surface area (Å²) in [5, 5.41) is 26.0. The Morgan fingerprint density at radius 1 is 1.41 bits per heavy atom. The smallest absolute Gasteiger partial charge is 0.360 e. The molecule has 0 spiro atoms. The molecule has 6 nitrogen and oxygen atoms in total. The Balaban J connectivity index is 2.78. The number of halogens is 1. The normalized spacial score (nSPS) is 10.5. The van der Waals surface area contributed by atoms with Crippen molar-refractivity contribution in [2.45, 2.75) is 0 Å². The zero-order valence-electron chi connectivity index (χ0n) is 8.64. The molecule has 0 radical (unpaired) electrons. The number of aromatic carboxylic acids is 1. The summed E-state index contributed by atoms with van der Waals surface area (Å²) in [6.45, 7) is 0. The highest BCUT2D eigenvalue weighted by atomic mass is 79.9. The Bertz CT molecular complexity index is 615. The second kappa shape index (κ2) is 4.17. The molecule has 0 aliphatic heterocycles. The van der Waals surface area contributed by atoms with Gasteiger partial charge in [-0.2, -0.15) is 0 Å². The number of hydrogen-bond donors (Lipinski definition) is 2. The zero-order chi connectivity index (χ0) is 12.6. The molecule has 1 heterocycles. The summed E-state index contributed by atoms with van der Waals surface area (Å²) in [5.41, 5.74) is -0.123. The molecule has 17 heavy (non-hydrogen) atoms. The Morgan fingerprint density at radius 3 is 2.71 bits per heavy atom. The molecule has 88 valence electrons. The van der Waals surface area contributed by atoms with Gasteiger partial charge in [-0.25, -0.2) is 4.79 Å². The highest BCUT2D eigenvalue weighted by molar-refractivity contribution is 9.10. The fraction of sp³-hybridized carbons (Fsp3) is 0.100. The van der Waals surface area contributed by atoms with E-state index in [1.807, 2.05) is 0 Å². The summed E-state index contributed by atoms with van der Waals surface area (Å²) in [5.74, 6) is -1.22. The first-order valence-electron chi connectivity index (χ1n) is 4.50. The molecule has 1 aromatic carbocycles. The number of nitrogens with zero attached hydrogens (tertiary/aromatic N) is 2. The molecule has 0 atom stereocenters. The van der Waals surface area contributed by atoms with Crippen molar-refractivity contribution in [3.63, 3.8) is 0 Å². The van der Waals surface area contributed by atoms with E-state index in [1.54, 1.807) is 6.07 Å². The van der Waals surface area contributed by atoms with E-state index in [0.717, 1.165) is 0 Å². The fourth-order valence-corrected chi connectivity index (χ4v) is 1.90. The molecule has 0 saturated heterocycles. The molecule has 2 aromatic rings. The quantitative estimate of drug-likeness (QED) is 0.878. The SMILES string of the molecule is COc1cc2nnc(C(=O)O)c(O)c2cc1Br. The van der Waals surface area contributed by atoms with Gasteiger partial charge in [-0.1, -0.05) is 0 Å². The van der Waals surface area contributed by atoms with Crippen LogP contribution in [0.15, 0.2) is 16.6 Å². The van der Waals surface area contributed by atoms with E-state index in [9.17, 15) is 9.90 Å². The van der Waals surface area contributed by atoms with E-state index in [2.05, 4.69) is 26.1 Å². The number of ether oxygens (including phenoxy) is 1. The average molecular weight is 299 g/mol. The largest absolute Gasteiger partial charge is 0.505 e. The van der Waals surface area contributed by atoms with Crippen molar-refractivity contribution in [2.24, 2.45) is 0 Å². The molecule has 7 heteroatoms. The van der Waals surface area contributed by atoms with Gasteiger partial charge in [-0.05, 0) is 22.0 Å². The van der Waals surface area contributed by atoms with Crippen LogP contribution < -0.4 is 4.74 Å². The summed E-state index contributed by atoms with van der Waals surface area (Å²) in [4.78, 5) is 10.8. The number of benzene rings is 1. The average Bonchev–Trinajstić information content (AvgIpc) is 2.29. The van der Waals surface area contributed by atoms with Crippen LogP contribution in [0.25, 0.3) is 10.9 Å². The van der Waals surface area contributed by atoms with Crippen molar-refractivity contribution in [3.05, 3.63) is 22.3 Å². The molecule has 2 rings (SSSR count). The standard InChI is InChI=1S/C10H7BrN2O4/c1-17-7-3-6-4(2-5(7)11)9(14)8(10(15)16)13-12-6/h2-3H,1H3,(H,12,14)(H,15,16). The van der Waals surface area contributed by atoms with Gasteiger partial charge in [0.1, 0.15) is 11.3 Å². The van der Waals surface area contributed by atoms with Crippen molar-refractivity contribution in [3.8, 4) is 11.5 Å². The third-order valence-corrected chi connectivity index (χ3v) is 2.83. The monoisotopic (exact) mass is 298 g/mol. The van der Waals surface area contributed by atoms with Crippen LogP contribution in [-0.4, -0.2) is 33.5 Å². The number of methoxy groups -OCH3 is 1. The maximum atomic E-state index is 10.8. The van der Waals surface area contributed by atoms with E-state index in [-0.39, 0.29) is 0 Å². The van der Waals surface area contributed by atoms with E-state index in [1.165, 1.54) is 13.2 Å². The van der Waals surface area contributed by atoms with Crippen LogP contribution in [0.1, 0.15) is 10.5 Å². The first kappa shape index (κ1) is 11.6. The number of rotatable bonds is 2. The lowest BCUT2D eigenvalue weighted by Crippen LogP contribution is -2.03. The molecule has 0 unspecified atom stereocenters. The van der Waals surface area contributed by atoms with E-state index in [4.69, 9.17) is 9.84 Å². The van der Waals surface area contributed by atoms with Crippen LogP contribution in [0, 0.1) is 0 Å². The van der Waals surface area contributed by atoms with Gasteiger partial charge in [0.15, 0.2) is 5.75 Å². The summed E-state index contributed by atoms with van der Waals surface area (Å²) < 4.78 is 5.65. The lowest BCUT2D eigenvalue weighted by Gasteiger charge is -2.06. The van der Waals surface area contributed by atoms with Gasteiger partial charge >= 0.3 is 5.97 Å². The predicted octanol–water partition coefficient (Wildman–Crippen LogP) is 1.80. The van der Waals surface area contributed by atoms with Crippen molar-refractivity contribution < 1.29 is 19.7 Å². The lowest BCUT2D eigenvalue weighted by molar-refractivity contribution is 0.0686. The predicted molar refractivity (Wildman–Crippen MR) is 62.4 cm³/mol. The van der Waals surface area contributed by atoms with Crippen molar-refractivity contribution in [2.75, 3.05) is 7.11 Å². The number of aromatic hydroxyl groups is 1. The summed E-state index contributed by atoms with van der Waals surface area (Å²) in [6, 6.07) is 3.09. The third kappa shape index (κ3) is 1.89. The molecular weight excluding hydrogens is 292 g/mol. The van der Waals surface area contributed by atoms with Crippen LogP contribution in [0.2, 0.25) is 0 Å². The van der Waals surface area contributed by atoms with Crippen LogP contribution in [0.5, 0.6) is 11.5 Å². The second-order valence-electron chi connectivity index (χ2n) is 3.21. The third-order valence-electron chi connectivity index (χ3n) is 2.21. The van der Waals surface area contributed by atoms with Gasteiger partial charge in [0.05, 0.1) is 11.6 Å². The fourth-order valence-electron chi connectivity index (χ4n) is 1.39. The first-order chi connectivity index (χ1) is 8.04. The van der Waals surface area contributed by atoms with Gasteiger partial charge in [0.25, 0.3) is 0 Å². The number of carboxylic acids is 1. The number of fused-ring (bicyclic) bond motifs is 1. The van der Waals surface area contributed by atoms with Crippen LogP contribution in [0.3, 0.4) is 0 Å². The lowest BCUT2D eigenvalue weighted by atomic mass is 10.2. The summed E-state index contributed by atoms with van der Waals surface area (Å²) >= 11 is 3.24. The highest BCUT2D eigenvalue weighted by Crippen LogP contribution is 2.34. The van der Waals surface area contributed by atoms with Crippen LogP contribution in [-0.2, 0) is 0 Å². The Labute approximate surface area is 104 Å². The minimum atomic E-state index is -1.33. The Hall–Kier alpha value is -1.89. The van der Waals surface area contributed by atoms with Gasteiger partial charge in [0.2, 0.25) is 5.69 Å². The molecule has 1 aromatic heterocycles. The van der Waals surface area contributed by atoms with E-state index in [0.29, 0.717) is 21.1 Å². The van der Waals surface area contributed by atoms with Gasteiger partial charge < -0.3 is 14.9 Å². The Kier molecular flexibility index (Phi) is 2.84. The highest BCUT2D eigenvalue weighted by Gasteiger charge is 2.17. The topological polar surface area (TPSA) is 92.5 Å². The van der Waals surface area contributed by atoms with Gasteiger partial charge in [-0.3, -0.25) is 0 Å². The van der Waals surface area contributed by atoms with E-state index >= 15 is 0 Å². The maximum Gasteiger partial charge on any atom is 0.360 e.